The van der Waals surface area contributed by atoms with E-state index in [0.29, 0.717) is 28.0 Å². The van der Waals surface area contributed by atoms with Crippen molar-refractivity contribution in [1.82, 2.24) is 5.27 Å². The SMILES string of the molecule is C[n+]1[nH]oc(=O)c1SCCC(=O)Nc1ccc2c(c1)OCO2. The molecule has 0 spiro atoms. The number of hydrogen-bond acceptors (Lipinski definition) is 6. The summed E-state index contributed by atoms with van der Waals surface area (Å²) in [4.78, 5) is 23.2. The Kier molecular flexibility index (Phi) is 4.05. The summed E-state index contributed by atoms with van der Waals surface area (Å²) in [6, 6.07) is 5.21. The number of benzene rings is 1. The van der Waals surface area contributed by atoms with Gasteiger partial charge in [0.1, 0.15) is 0 Å². The van der Waals surface area contributed by atoms with Crippen LogP contribution in [0.2, 0.25) is 0 Å². The molecule has 116 valence electrons. The predicted molar refractivity (Wildman–Crippen MR) is 77.0 cm³/mol. The number of nitrogens with one attached hydrogen (secondary N) is 2. The van der Waals surface area contributed by atoms with Crippen LogP contribution < -0.4 is 25.1 Å². The minimum atomic E-state index is -0.441. The van der Waals surface area contributed by atoms with E-state index in [4.69, 9.17) is 9.47 Å². The van der Waals surface area contributed by atoms with Crippen LogP contribution in [0.25, 0.3) is 0 Å². The summed E-state index contributed by atoms with van der Waals surface area (Å²) in [6.45, 7) is 0.194. The highest BCUT2D eigenvalue weighted by molar-refractivity contribution is 7.99. The third-order valence-corrected chi connectivity index (χ3v) is 4.10. The van der Waals surface area contributed by atoms with Crippen molar-refractivity contribution in [3.8, 4) is 11.5 Å². The van der Waals surface area contributed by atoms with E-state index in [1.54, 1.807) is 25.2 Å². The van der Waals surface area contributed by atoms with E-state index in [9.17, 15) is 9.59 Å². The number of fused-ring (bicyclic) bond motifs is 1. The molecule has 0 saturated heterocycles. The molecule has 9 heteroatoms. The topological polar surface area (TPSA) is 97.4 Å². The van der Waals surface area contributed by atoms with Crippen molar-refractivity contribution < 1.29 is 23.5 Å². The number of ether oxygens (including phenoxy) is 2. The van der Waals surface area contributed by atoms with Crippen LogP contribution in [0, 0.1) is 0 Å². The molecule has 0 fully saturated rings. The molecule has 0 aliphatic carbocycles. The van der Waals surface area contributed by atoms with Gasteiger partial charge < -0.3 is 14.8 Å². The third kappa shape index (κ3) is 3.08. The van der Waals surface area contributed by atoms with Gasteiger partial charge in [-0.25, -0.2) is 4.79 Å². The van der Waals surface area contributed by atoms with Crippen molar-refractivity contribution in [2.24, 2.45) is 7.05 Å². The average molecular weight is 324 g/mol. The minimum Gasteiger partial charge on any atom is -0.454 e. The van der Waals surface area contributed by atoms with Gasteiger partial charge >= 0.3 is 10.7 Å². The molecule has 8 nitrogen and oxygen atoms in total. The first-order valence-electron chi connectivity index (χ1n) is 6.53. The number of nitrogens with zero attached hydrogens (tertiary/aromatic N) is 1. The molecule has 0 unspecified atom stereocenters. The summed E-state index contributed by atoms with van der Waals surface area (Å²) in [5.41, 5.74) is 0.203. The Bertz CT molecular complexity index is 754. The Morgan fingerprint density at radius 3 is 3.00 bits per heavy atom. The second-order valence-corrected chi connectivity index (χ2v) is 5.64. The van der Waals surface area contributed by atoms with Gasteiger partial charge in [-0.05, 0) is 29.2 Å². The molecule has 1 amide bonds. The number of anilines is 1. The van der Waals surface area contributed by atoms with Gasteiger partial charge in [-0.15, -0.1) is 0 Å². The van der Waals surface area contributed by atoms with Gasteiger partial charge in [-0.1, -0.05) is 4.68 Å². The molecular formula is C13H14N3O5S+. The number of H-pyrrole nitrogens is 1. The van der Waals surface area contributed by atoms with Crippen LogP contribution in [0.3, 0.4) is 0 Å². The van der Waals surface area contributed by atoms with E-state index in [1.165, 1.54) is 16.4 Å². The Morgan fingerprint density at radius 2 is 2.23 bits per heavy atom. The molecule has 2 heterocycles. The number of aryl methyl sites for hydroxylation is 1. The van der Waals surface area contributed by atoms with Crippen molar-refractivity contribution in [2.45, 2.75) is 11.4 Å². The molecule has 3 rings (SSSR count). The zero-order valence-corrected chi connectivity index (χ0v) is 12.6. The second kappa shape index (κ2) is 6.14. The van der Waals surface area contributed by atoms with Gasteiger partial charge in [0.15, 0.2) is 18.5 Å². The Labute approximate surface area is 129 Å². The highest BCUT2D eigenvalue weighted by Gasteiger charge is 2.18. The lowest BCUT2D eigenvalue weighted by Crippen LogP contribution is -2.33. The van der Waals surface area contributed by atoms with Crippen LogP contribution in [-0.4, -0.2) is 23.7 Å². The fourth-order valence-electron chi connectivity index (χ4n) is 1.93. The smallest absolute Gasteiger partial charge is 0.441 e. The molecule has 0 atom stereocenters. The molecule has 0 bridgehead atoms. The molecule has 2 N–H and O–H groups in total. The predicted octanol–water partition coefficient (Wildman–Crippen LogP) is 0.642. The summed E-state index contributed by atoms with van der Waals surface area (Å²) in [6.07, 6.45) is 0.268. The molecule has 1 aliphatic rings. The minimum absolute atomic E-state index is 0.144. The largest absolute Gasteiger partial charge is 0.454 e. The number of hydrogen-bond donors (Lipinski definition) is 2. The van der Waals surface area contributed by atoms with Crippen LogP contribution in [0.15, 0.2) is 32.5 Å². The van der Waals surface area contributed by atoms with Crippen LogP contribution in [0.5, 0.6) is 11.5 Å². The Balaban J connectivity index is 1.51. The van der Waals surface area contributed by atoms with E-state index < -0.39 is 5.63 Å². The van der Waals surface area contributed by atoms with E-state index in [2.05, 4.69) is 15.1 Å². The standard InChI is InChI=1S/C13H13N3O5S/c1-16-12(13(18)21-15-16)22-5-4-11(17)14-8-2-3-9-10(6-8)20-7-19-9/h2-3,6H,4-5,7H2,1H3,(H-,14,15,17,18)/p+1. The maximum atomic E-state index is 11.9. The number of amides is 1. The van der Waals surface area contributed by atoms with Gasteiger partial charge in [-0.2, -0.15) is 0 Å². The lowest BCUT2D eigenvalue weighted by molar-refractivity contribution is -0.772. The first-order chi connectivity index (χ1) is 10.6. The number of rotatable bonds is 5. The molecular weight excluding hydrogens is 310 g/mol. The van der Waals surface area contributed by atoms with Crippen molar-refractivity contribution in [3.05, 3.63) is 28.6 Å². The Morgan fingerprint density at radius 1 is 1.41 bits per heavy atom. The van der Waals surface area contributed by atoms with E-state index in [-0.39, 0.29) is 19.1 Å². The highest BCUT2D eigenvalue weighted by atomic mass is 32.2. The summed E-state index contributed by atoms with van der Waals surface area (Å²) >= 11 is 1.26. The monoisotopic (exact) mass is 324 g/mol. The first-order valence-corrected chi connectivity index (χ1v) is 7.52. The van der Waals surface area contributed by atoms with Crippen molar-refractivity contribution in [2.75, 3.05) is 17.9 Å². The Hall–Kier alpha value is -2.42. The summed E-state index contributed by atoms with van der Waals surface area (Å²) in [7, 11) is 1.67. The van der Waals surface area contributed by atoms with Crippen molar-refractivity contribution in [1.29, 1.82) is 0 Å². The van der Waals surface area contributed by atoms with Gasteiger partial charge in [0.2, 0.25) is 12.7 Å². The van der Waals surface area contributed by atoms with Gasteiger partial charge in [0.25, 0.3) is 0 Å². The molecule has 0 saturated carbocycles. The molecule has 22 heavy (non-hydrogen) atoms. The summed E-state index contributed by atoms with van der Waals surface area (Å²) in [5, 5.41) is 5.62. The summed E-state index contributed by atoms with van der Waals surface area (Å²) in [5.74, 6) is 1.60. The third-order valence-electron chi connectivity index (χ3n) is 2.98. The van der Waals surface area contributed by atoms with E-state index in [1.807, 2.05) is 0 Å². The maximum absolute atomic E-state index is 11.9. The van der Waals surface area contributed by atoms with Crippen LogP contribution in [0.4, 0.5) is 5.69 Å². The second-order valence-electron chi connectivity index (χ2n) is 4.56. The number of carbonyl (C=O) groups is 1. The maximum Gasteiger partial charge on any atom is 0.441 e. The van der Waals surface area contributed by atoms with Gasteiger partial charge in [0, 0.05) is 23.9 Å². The number of aromatic amines is 1. The van der Waals surface area contributed by atoms with Gasteiger partial charge in [0.05, 0.1) is 0 Å². The summed E-state index contributed by atoms with van der Waals surface area (Å²) < 4.78 is 16.6. The zero-order valence-electron chi connectivity index (χ0n) is 11.8. The van der Waals surface area contributed by atoms with Crippen LogP contribution in [0.1, 0.15) is 6.42 Å². The quantitative estimate of drug-likeness (QED) is 0.619. The average Bonchev–Trinajstić information content (AvgIpc) is 3.07. The molecule has 0 radical (unpaired) electrons. The van der Waals surface area contributed by atoms with E-state index in [0.717, 1.165) is 0 Å². The van der Waals surface area contributed by atoms with Crippen LogP contribution in [-0.2, 0) is 11.8 Å². The van der Waals surface area contributed by atoms with Crippen LogP contribution >= 0.6 is 11.8 Å². The first kappa shape index (κ1) is 14.5. The zero-order chi connectivity index (χ0) is 15.5. The fourth-order valence-corrected chi connectivity index (χ4v) is 2.80. The molecule has 2 aromatic rings. The number of aromatic nitrogens is 2. The molecule has 1 aromatic heterocycles. The molecule has 1 aliphatic heterocycles. The van der Waals surface area contributed by atoms with Crippen molar-refractivity contribution in [3.63, 3.8) is 0 Å². The lowest BCUT2D eigenvalue weighted by Gasteiger charge is -2.05. The normalized spacial score (nSPS) is 12.4. The van der Waals surface area contributed by atoms with E-state index >= 15 is 0 Å². The number of thioether (sulfide) groups is 1. The van der Waals surface area contributed by atoms with Gasteiger partial charge in [-0.3, -0.25) is 9.32 Å². The molecule has 1 aromatic carbocycles. The lowest BCUT2D eigenvalue weighted by atomic mass is 10.2. The fraction of sp³-hybridized carbons (Fsp3) is 0.308. The number of carbonyl (C=O) groups excluding carboxylic acids is 1. The van der Waals surface area contributed by atoms with Crippen molar-refractivity contribution >= 4 is 23.4 Å². The highest BCUT2D eigenvalue weighted by Crippen LogP contribution is 2.34.